The predicted molar refractivity (Wildman–Crippen MR) is 46.3 cm³/mol. The van der Waals surface area contributed by atoms with Gasteiger partial charge in [-0.15, -0.1) is 0 Å². The van der Waals surface area contributed by atoms with Crippen LogP contribution in [0, 0.1) is 20.8 Å². The Hall–Kier alpha value is 0.440. The third-order valence-corrected chi connectivity index (χ3v) is 2.25. The molecular formula is C9H11NaS. The van der Waals surface area contributed by atoms with Crippen LogP contribution in [-0.4, -0.2) is 0 Å². The van der Waals surface area contributed by atoms with Gasteiger partial charge in [0.15, 0.2) is 0 Å². The average molecular weight is 174 g/mol. The molecule has 0 unspecified atom stereocenters. The Kier molecular flexibility index (Phi) is 4.64. The Morgan fingerprint density at radius 2 is 1.36 bits per heavy atom. The Labute approximate surface area is 96.1 Å². The molecule has 1 rings (SSSR count). The van der Waals surface area contributed by atoms with Crippen molar-refractivity contribution in [1.82, 2.24) is 0 Å². The van der Waals surface area contributed by atoms with Gasteiger partial charge in [-0.25, -0.2) is 0 Å². The van der Waals surface area contributed by atoms with E-state index in [4.69, 9.17) is 12.6 Å². The third kappa shape index (κ3) is 2.75. The first-order valence-electron chi connectivity index (χ1n) is 3.36. The van der Waals surface area contributed by atoms with Gasteiger partial charge in [-0.05, 0) is 20.8 Å². The molecular weight excluding hydrogens is 163 g/mol. The summed E-state index contributed by atoms with van der Waals surface area (Å²) >= 11 is 5.15. The Morgan fingerprint density at radius 1 is 1.00 bits per heavy atom. The van der Waals surface area contributed by atoms with Crippen molar-refractivity contribution in [3.8, 4) is 0 Å². The summed E-state index contributed by atoms with van der Waals surface area (Å²) in [6, 6.07) is 4.24. The van der Waals surface area contributed by atoms with Gasteiger partial charge in [0.25, 0.3) is 0 Å². The number of hydrogen-bond donors (Lipinski definition) is 0. The van der Waals surface area contributed by atoms with Crippen LogP contribution < -0.4 is 29.6 Å². The largest absolute Gasteiger partial charge is 1.00 e. The molecule has 0 saturated carbocycles. The van der Waals surface area contributed by atoms with Crippen LogP contribution in [0.25, 0.3) is 0 Å². The van der Waals surface area contributed by atoms with Gasteiger partial charge in [-0.3, -0.25) is 0 Å². The van der Waals surface area contributed by atoms with E-state index in [9.17, 15) is 0 Å². The SMILES string of the molecule is Cc1cc(C)c([S-])c(C)c1.[Na+]. The minimum atomic E-state index is 0. The van der Waals surface area contributed by atoms with Crippen LogP contribution in [-0.2, 0) is 12.6 Å². The van der Waals surface area contributed by atoms with E-state index in [1.54, 1.807) is 0 Å². The summed E-state index contributed by atoms with van der Waals surface area (Å²) < 4.78 is 0. The van der Waals surface area contributed by atoms with Crippen LogP contribution in [0.5, 0.6) is 0 Å². The van der Waals surface area contributed by atoms with Crippen LogP contribution in [0.1, 0.15) is 16.7 Å². The molecule has 0 heterocycles. The fraction of sp³-hybridized carbons (Fsp3) is 0.333. The third-order valence-electron chi connectivity index (χ3n) is 1.60. The molecule has 0 N–H and O–H groups in total. The molecule has 0 bridgehead atoms. The first kappa shape index (κ1) is 11.4. The zero-order valence-corrected chi connectivity index (χ0v) is 10.4. The summed E-state index contributed by atoms with van der Waals surface area (Å²) in [7, 11) is 0. The van der Waals surface area contributed by atoms with E-state index in [2.05, 4.69) is 32.9 Å². The molecule has 0 aliphatic rings. The summed E-state index contributed by atoms with van der Waals surface area (Å²) in [5, 5.41) is 0. The first-order chi connectivity index (χ1) is 4.61. The molecule has 0 spiro atoms. The second-order valence-corrected chi connectivity index (χ2v) is 3.14. The van der Waals surface area contributed by atoms with Gasteiger partial charge in [0.1, 0.15) is 0 Å². The molecule has 0 aromatic heterocycles. The fourth-order valence-electron chi connectivity index (χ4n) is 1.17. The molecule has 11 heavy (non-hydrogen) atoms. The number of benzene rings is 1. The average Bonchev–Trinajstić information content (AvgIpc) is 1.82. The Balaban J connectivity index is 0.000001000. The second-order valence-electron chi connectivity index (χ2n) is 2.73. The quantitative estimate of drug-likeness (QED) is 0.378. The van der Waals surface area contributed by atoms with E-state index < -0.39 is 0 Å². The van der Waals surface area contributed by atoms with Crippen LogP contribution >= 0.6 is 0 Å². The van der Waals surface area contributed by atoms with Crippen molar-refractivity contribution >= 4 is 12.6 Å². The molecule has 0 fully saturated rings. The van der Waals surface area contributed by atoms with Crippen LogP contribution in [0.15, 0.2) is 17.0 Å². The summed E-state index contributed by atoms with van der Waals surface area (Å²) in [4.78, 5) is 1.01. The zero-order valence-electron chi connectivity index (χ0n) is 7.56. The predicted octanol–water partition coefficient (Wildman–Crippen LogP) is -0.478. The second kappa shape index (κ2) is 4.46. The summed E-state index contributed by atoms with van der Waals surface area (Å²) in [5.74, 6) is 0. The first-order valence-corrected chi connectivity index (χ1v) is 3.77. The summed E-state index contributed by atoms with van der Waals surface area (Å²) in [5.41, 5.74) is 3.73. The van der Waals surface area contributed by atoms with Gasteiger partial charge < -0.3 is 12.6 Å². The Morgan fingerprint density at radius 3 is 1.73 bits per heavy atom. The zero-order chi connectivity index (χ0) is 7.72. The molecule has 0 amide bonds. The van der Waals surface area contributed by atoms with Gasteiger partial charge in [-0.1, -0.05) is 28.8 Å². The van der Waals surface area contributed by atoms with E-state index in [0.29, 0.717) is 0 Å². The van der Waals surface area contributed by atoms with Gasteiger partial charge in [0.05, 0.1) is 0 Å². The molecule has 54 valence electrons. The monoisotopic (exact) mass is 174 g/mol. The van der Waals surface area contributed by atoms with E-state index in [1.165, 1.54) is 16.7 Å². The molecule has 2 heteroatoms. The van der Waals surface area contributed by atoms with Crippen LogP contribution in [0.3, 0.4) is 0 Å². The van der Waals surface area contributed by atoms with Crippen molar-refractivity contribution in [2.45, 2.75) is 25.7 Å². The van der Waals surface area contributed by atoms with Crippen molar-refractivity contribution in [1.29, 1.82) is 0 Å². The molecule has 0 radical (unpaired) electrons. The molecule has 0 atom stereocenters. The van der Waals surface area contributed by atoms with E-state index in [-0.39, 0.29) is 29.6 Å². The minimum Gasteiger partial charge on any atom is -0.779 e. The maximum Gasteiger partial charge on any atom is 1.00 e. The normalized spacial score (nSPS) is 9.00. The maximum absolute atomic E-state index is 5.15. The molecule has 1 aromatic carbocycles. The van der Waals surface area contributed by atoms with Crippen LogP contribution in [0.2, 0.25) is 0 Å². The molecule has 0 aliphatic carbocycles. The van der Waals surface area contributed by atoms with Gasteiger partial charge in [0, 0.05) is 0 Å². The summed E-state index contributed by atoms with van der Waals surface area (Å²) in [6.45, 7) is 6.21. The van der Waals surface area contributed by atoms with Crippen molar-refractivity contribution in [2.75, 3.05) is 0 Å². The van der Waals surface area contributed by atoms with Crippen LogP contribution in [0.4, 0.5) is 0 Å². The smallest absolute Gasteiger partial charge is 0.779 e. The minimum absolute atomic E-state index is 0. The maximum atomic E-state index is 5.15. The Bertz CT molecular complexity index is 233. The molecule has 1 aromatic rings. The van der Waals surface area contributed by atoms with Gasteiger partial charge in [-0.2, -0.15) is 4.90 Å². The van der Waals surface area contributed by atoms with E-state index >= 15 is 0 Å². The standard InChI is InChI=1S/C9H12S.Na/c1-6-4-7(2)9(10)8(3)5-6;/h4-5,10H,1-3H3;/q;+1/p-1. The number of aryl methyl sites for hydroxylation is 3. The van der Waals surface area contributed by atoms with Crippen molar-refractivity contribution in [3.05, 3.63) is 28.8 Å². The van der Waals surface area contributed by atoms with Gasteiger partial charge in [0.2, 0.25) is 0 Å². The molecule has 0 aliphatic heterocycles. The van der Waals surface area contributed by atoms with E-state index in [0.717, 1.165) is 4.90 Å². The van der Waals surface area contributed by atoms with Crippen molar-refractivity contribution < 1.29 is 29.6 Å². The van der Waals surface area contributed by atoms with Gasteiger partial charge >= 0.3 is 29.6 Å². The number of hydrogen-bond acceptors (Lipinski definition) is 1. The molecule has 0 nitrogen and oxygen atoms in total. The van der Waals surface area contributed by atoms with E-state index in [1.807, 2.05) is 0 Å². The summed E-state index contributed by atoms with van der Waals surface area (Å²) in [6.07, 6.45) is 0. The molecule has 0 saturated heterocycles. The topological polar surface area (TPSA) is 0 Å². The van der Waals surface area contributed by atoms with Crippen molar-refractivity contribution in [2.24, 2.45) is 0 Å². The number of rotatable bonds is 0. The fourth-order valence-corrected chi connectivity index (χ4v) is 1.28. The van der Waals surface area contributed by atoms with Crippen molar-refractivity contribution in [3.63, 3.8) is 0 Å².